The van der Waals surface area contributed by atoms with Gasteiger partial charge in [-0.25, -0.2) is 9.18 Å². The maximum absolute atomic E-state index is 14.8. The van der Waals surface area contributed by atoms with E-state index in [1.165, 1.54) is 0 Å². The van der Waals surface area contributed by atoms with Gasteiger partial charge in [0.1, 0.15) is 11.4 Å². The van der Waals surface area contributed by atoms with Gasteiger partial charge < -0.3 is 9.64 Å². The first kappa shape index (κ1) is 21.6. The number of amides is 3. The summed E-state index contributed by atoms with van der Waals surface area (Å²) in [5, 5.41) is 0. The number of carbonyl (C=O) groups excluding carboxylic acids is 3. The van der Waals surface area contributed by atoms with Gasteiger partial charge in [-0.2, -0.15) is 0 Å². The first-order valence-corrected chi connectivity index (χ1v) is 9.37. The van der Waals surface area contributed by atoms with Gasteiger partial charge in [0.15, 0.2) is 0 Å². The van der Waals surface area contributed by atoms with E-state index in [1.807, 2.05) is 0 Å². The molecule has 7 heteroatoms. The summed E-state index contributed by atoms with van der Waals surface area (Å²) < 4.78 is 20.1. The average molecular weight is 390 g/mol. The molecule has 0 spiro atoms. The highest BCUT2D eigenvalue weighted by Crippen LogP contribution is 2.23. The number of hydrogen-bond acceptors (Lipinski definition) is 4. The zero-order valence-corrected chi connectivity index (χ0v) is 16.6. The number of ether oxygens (including phenoxy) is 1. The molecule has 152 valence electrons. The van der Waals surface area contributed by atoms with Crippen LogP contribution in [0, 0.1) is 0 Å². The standard InChI is InChI=1S/C21H27FN2O4/c1-21(2,3)28-20(27)23-12-7-10-16(11-13-23)18(22)14-24(15-25)19(26)17-8-5-4-6-9-17/h4-6,8-9,15H,7,10-14H2,1-3H3/b18-16+. The minimum atomic E-state index is -0.588. The monoisotopic (exact) mass is 390 g/mol. The molecule has 0 aromatic heterocycles. The molecule has 28 heavy (non-hydrogen) atoms. The van der Waals surface area contributed by atoms with E-state index in [0.29, 0.717) is 49.9 Å². The molecule has 1 aliphatic heterocycles. The van der Waals surface area contributed by atoms with Crippen LogP contribution in [0.3, 0.4) is 0 Å². The van der Waals surface area contributed by atoms with Gasteiger partial charge in [-0.05, 0) is 57.7 Å². The summed E-state index contributed by atoms with van der Waals surface area (Å²) in [5.41, 5.74) is 0.262. The summed E-state index contributed by atoms with van der Waals surface area (Å²) >= 11 is 0. The predicted molar refractivity (Wildman–Crippen MR) is 103 cm³/mol. The summed E-state index contributed by atoms with van der Waals surface area (Å²) in [4.78, 5) is 38.3. The molecule has 1 saturated heterocycles. The number of likely N-dealkylation sites (tertiary alicyclic amines) is 1. The molecule has 1 heterocycles. The van der Waals surface area contributed by atoms with Gasteiger partial charge in [0.2, 0.25) is 6.41 Å². The Morgan fingerprint density at radius 1 is 1.18 bits per heavy atom. The normalized spacial score (nSPS) is 16.8. The van der Waals surface area contributed by atoms with Crippen LogP contribution in [0.4, 0.5) is 9.18 Å². The number of benzene rings is 1. The maximum Gasteiger partial charge on any atom is 0.410 e. The quantitative estimate of drug-likeness (QED) is 0.731. The molecular formula is C21H27FN2O4. The molecule has 0 unspecified atom stereocenters. The van der Waals surface area contributed by atoms with Crippen LogP contribution < -0.4 is 0 Å². The summed E-state index contributed by atoms with van der Waals surface area (Å²) in [6, 6.07) is 8.28. The Kier molecular flexibility index (Phi) is 7.31. The second kappa shape index (κ2) is 9.48. The Bertz CT molecular complexity index is 741. The topological polar surface area (TPSA) is 66.9 Å². The molecule has 3 amide bonds. The molecule has 0 saturated carbocycles. The Balaban J connectivity index is 2.03. The minimum absolute atomic E-state index is 0.323. The van der Waals surface area contributed by atoms with E-state index in [2.05, 4.69) is 0 Å². The van der Waals surface area contributed by atoms with Crippen molar-refractivity contribution < 1.29 is 23.5 Å². The van der Waals surface area contributed by atoms with E-state index < -0.39 is 30.0 Å². The smallest absolute Gasteiger partial charge is 0.410 e. The lowest BCUT2D eigenvalue weighted by molar-refractivity contribution is -0.115. The lowest BCUT2D eigenvalue weighted by atomic mass is 10.1. The van der Waals surface area contributed by atoms with E-state index in [9.17, 15) is 18.8 Å². The van der Waals surface area contributed by atoms with E-state index in [0.717, 1.165) is 4.90 Å². The summed E-state index contributed by atoms with van der Waals surface area (Å²) in [5.74, 6) is -1.04. The first-order valence-electron chi connectivity index (χ1n) is 9.37. The van der Waals surface area contributed by atoms with Crippen molar-refractivity contribution in [2.45, 2.75) is 45.6 Å². The van der Waals surface area contributed by atoms with E-state index in [1.54, 1.807) is 56.0 Å². The third-order valence-electron chi connectivity index (χ3n) is 4.34. The van der Waals surface area contributed by atoms with Gasteiger partial charge >= 0.3 is 6.09 Å². The molecule has 0 radical (unpaired) electrons. The van der Waals surface area contributed by atoms with Gasteiger partial charge in [-0.15, -0.1) is 0 Å². The van der Waals surface area contributed by atoms with Gasteiger partial charge in [-0.1, -0.05) is 18.2 Å². The fourth-order valence-corrected chi connectivity index (χ4v) is 2.94. The number of nitrogens with zero attached hydrogens (tertiary/aromatic N) is 2. The van der Waals surface area contributed by atoms with Crippen LogP contribution >= 0.6 is 0 Å². The van der Waals surface area contributed by atoms with Crippen LogP contribution in [0.15, 0.2) is 41.7 Å². The van der Waals surface area contributed by atoms with E-state index >= 15 is 0 Å². The third-order valence-corrected chi connectivity index (χ3v) is 4.34. The number of halogens is 1. The highest BCUT2D eigenvalue weighted by Gasteiger charge is 2.25. The predicted octanol–water partition coefficient (Wildman–Crippen LogP) is 3.93. The highest BCUT2D eigenvalue weighted by molar-refractivity contribution is 5.99. The van der Waals surface area contributed by atoms with Crippen LogP contribution in [-0.4, -0.2) is 53.4 Å². The Morgan fingerprint density at radius 2 is 1.86 bits per heavy atom. The molecule has 0 N–H and O–H groups in total. The number of hydrogen-bond donors (Lipinski definition) is 0. The number of rotatable bonds is 4. The number of imide groups is 1. The molecule has 1 aromatic carbocycles. The van der Waals surface area contributed by atoms with E-state index in [4.69, 9.17) is 4.74 Å². The van der Waals surface area contributed by atoms with Crippen LogP contribution in [-0.2, 0) is 9.53 Å². The zero-order valence-electron chi connectivity index (χ0n) is 16.6. The summed E-state index contributed by atoms with van der Waals surface area (Å²) in [7, 11) is 0. The van der Waals surface area contributed by atoms with Crippen molar-refractivity contribution in [3.8, 4) is 0 Å². The van der Waals surface area contributed by atoms with Crippen LogP contribution in [0.5, 0.6) is 0 Å². The van der Waals surface area contributed by atoms with Crippen molar-refractivity contribution in [1.29, 1.82) is 0 Å². The van der Waals surface area contributed by atoms with Crippen molar-refractivity contribution in [2.75, 3.05) is 19.6 Å². The molecule has 1 aliphatic rings. The molecule has 1 fully saturated rings. The molecule has 1 aromatic rings. The molecule has 0 bridgehead atoms. The molecule has 6 nitrogen and oxygen atoms in total. The maximum atomic E-state index is 14.8. The zero-order chi connectivity index (χ0) is 20.7. The Morgan fingerprint density at radius 3 is 2.46 bits per heavy atom. The molecule has 0 aliphatic carbocycles. The first-order chi connectivity index (χ1) is 13.2. The second-order valence-corrected chi connectivity index (χ2v) is 7.73. The van der Waals surface area contributed by atoms with Crippen LogP contribution in [0.25, 0.3) is 0 Å². The summed E-state index contributed by atoms with van der Waals surface area (Å²) in [6.07, 6.45) is 1.34. The second-order valence-electron chi connectivity index (χ2n) is 7.73. The van der Waals surface area contributed by atoms with Crippen molar-refractivity contribution in [3.05, 3.63) is 47.3 Å². The number of carbonyl (C=O) groups is 3. The Labute approximate surface area is 164 Å². The Hall–Kier alpha value is -2.70. The fraction of sp³-hybridized carbons (Fsp3) is 0.476. The minimum Gasteiger partial charge on any atom is -0.444 e. The highest BCUT2D eigenvalue weighted by atomic mass is 19.1. The van der Waals surface area contributed by atoms with Gasteiger partial charge in [0.05, 0.1) is 6.54 Å². The molecular weight excluding hydrogens is 363 g/mol. The van der Waals surface area contributed by atoms with Crippen LogP contribution in [0.1, 0.15) is 50.4 Å². The largest absolute Gasteiger partial charge is 0.444 e. The van der Waals surface area contributed by atoms with Gasteiger partial charge in [0.25, 0.3) is 5.91 Å². The van der Waals surface area contributed by atoms with Crippen molar-refractivity contribution >= 4 is 18.4 Å². The summed E-state index contributed by atoms with van der Waals surface area (Å²) in [6.45, 7) is 5.80. The van der Waals surface area contributed by atoms with Crippen LogP contribution in [0.2, 0.25) is 0 Å². The lowest BCUT2D eigenvalue weighted by Crippen LogP contribution is -2.37. The lowest BCUT2D eigenvalue weighted by Gasteiger charge is -2.26. The molecule has 0 atom stereocenters. The third kappa shape index (κ3) is 6.18. The molecule has 2 rings (SSSR count). The fourth-order valence-electron chi connectivity index (χ4n) is 2.94. The van der Waals surface area contributed by atoms with E-state index in [-0.39, 0.29) is 0 Å². The van der Waals surface area contributed by atoms with Crippen molar-refractivity contribution in [3.63, 3.8) is 0 Å². The van der Waals surface area contributed by atoms with Crippen molar-refractivity contribution in [1.82, 2.24) is 9.80 Å². The average Bonchev–Trinajstić information content (AvgIpc) is 2.91. The van der Waals surface area contributed by atoms with Gasteiger partial charge in [0, 0.05) is 18.7 Å². The van der Waals surface area contributed by atoms with Gasteiger partial charge in [-0.3, -0.25) is 14.5 Å². The van der Waals surface area contributed by atoms with Crippen molar-refractivity contribution in [2.24, 2.45) is 0 Å². The SMILES string of the molecule is CC(C)(C)OC(=O)N1CCC/C(=C(\F)CN(C=O)C(=O)c2ccccc2)CC1.